The minimum atomic E-state index is -0.396. The molecule has 16 heavy (non-hydrogen) atoms. The number of carbonyl (C=O) groups is 1. The molecule has 0 aliphatic carbocycles. The van der Waals surface area contributed by atoms with Crippen LogP contribution in [0.1, 0.15) is 29.8 Å². The van der Waals surface area contributed by atoms with E-state index in [1.54, 1.807) is 18.7 Å². The molecule has 0 N–H and O–H groups in total. The van der Waals surface area contributed by atoms with E-state index in [4.69, 9.17) is 4.74 Å². The largest absolute Gasteiger partial charge is 0.460 e. The summed E-state index contributed by atoms with van der Waals surface area (Å²) < 4.78 is 6.73. The maximum absolute atomic E-state index is 11.6. The van der Waals surface area contributed by atoms with E-state index in [0.717, 1.165) is 24.5 Å². The number of aromatic nitrogens is 3. The molecule has 0 spiro atoms. The smallest absolute Gasteiger partial charge is 0.376 e. The number of thioether (sulfide) groups is 1. The third-order valence-corrected chi connectivity index (χ3v) is 2.82. The van der Waals surface area contributed by atoms with Crippen LogP contribution in [0.3, 0.4) is 0 Å². The molecule has 0 saturated carbocycles. The summed E-state index contributed by atoms with van der Waals surface area (Å²) in [4.78, 5) is 11.6. The summed E-state index contributed by atoms with van der Waals surface area (Å²) in [6.45, 7) is 4.73. The van der Waals surface area contributed by atoms with Gasteiger partial charge >= 0.3 is 5.97 Å². The lowest BCUT2D eigenvalue weighted by Crippen LogP contribution is -2.15. The van der Waals surface area contributed by atoms with Crippen molar-refractivity contribution >= 4 is 17.7 Å². The first-order valence-electron chi connectivity index (χ1n) is 5.26. The molecule has 6 heteroatoms. The molecule has 0 aliphatic rings. The molecule has 1 aromatic rings. The number of esters is 1. The molecule has 0 amide bonds. The first-order chi connectivity index (χ1) is 7.70. The van der Waals surface area contributed by atoms with Crippen LogP contribution >= 0.6 is 11.8 Å². The number of nitrogens with zero attached hydrogens (tertiary/aromatic N) is 3. The Kier molecular flexibility index (Phi) is 5.31. The Morgan fingerprint density at radius 3 is 2.88 bits per heavy atom. The maximum atomic E-state index is 11.6. The van der Waals surface area contributed by atoms with Gasteiger partial charge in [-0.2, -0.15) is 11.8 Å². The molecule has 1 heterocycles. The Balaban J connectivity index is 2.73. The first-order valence-corrected chi connectivity index (χ1v) is 6.66. The summed E-state index contributed by atoms with van der Waals surface area (Å²) in [6.07, 6.45) is 3.05. The first kappa shape index (κ1) is 13.0. The summed E-state index contributed by atoms with van der Waals surface area (Å²) in [5.74, 6) is 1.72. The van der Waals surface area contributed by atoms with Gasteiger partial charge in [-0.15, -0.1) is 10.2 Å². The summed E-state index contributed by atoms with van der Waals surface area (Å²) in [7, 11) is 0. The van der Waals surface area contributed by atoms with Crippen molar-refractivity contribution in [2.45, 2.75) is 26.8 Å². The van der Waals surface area contributed by atoms with Gasteiger partial charge in [0.25, 0.3) is 0 Å². The number of hydrogen-bond acceptors (Lipinski definition) is 5. The van der Waals surface area contributed by atoms with Crippen molar-refractivity contribution in [3.63, 3.8) is 0 Å². The van der Waals surface area contributed by atoms with Crippen molar-refractivity contribution in [1.29, 1.82) is 0 Å². The highest BCUT2D eigenvalue weighted by atomic mass is 32.2. The van der Waals surface area contributed by atoms with E-state index >= 15 is 0 Å². The monoisotopic (exact) mass is 243 g/mol. The second kappa shape index (κ2) is 6.52. The molecule has 0 bridgehead atoms. The van der Waals surface area contributed by atoms with Gasteiger partial charge in [0.2, 0.25) is 5.82 Å². The number of carbonyl (C=O) groups excluding carboxylic acids is 1. The molecule has 1 rings (SSSR count). The zero-order valence-corrected chi connectivity index (χ0v) is 10.7. The second-order valence-electron chi connectivity index (χ2n) is 3.29. The Hall–Kier alpha value is -1.04. The Morgan fingerprint density at radius 1 is 1.50 bits per heavy atom. The van der Waals surface area contributed by atoms with Crippen LogP contribution in [0.4, 0.5) is 0 Å². The molecular weight excluding hydrogens is 226 g/mol. The summed E-state index contributed by atoms with van der Waals surface area (Å²) in [5.41, 5.74) is 0. The fraction of sp³-hybridized carbons (Fsp3) is 0.700. The molecule has 0 atom stereocenters. The minimum Gasteiger partial charge on any atom is -0.460 e. The number of rotatable bonds is 6. The van der Waals surface area contributed by atoms with Crippen molar-refractivity contribution in [3.8, 4) is 0 Å². The lowest BCUT2D eigenvalue weighted by Gasteiger charge is -2.07. The van der Waals surface area contributed by atoms with E-state index in [1.807, 2.05) is 11.5 Å². The molecule has 0 radical (unpaired) electrons. The third kappa shape index (κ3) is 3.23. The van der Waals surface area contributed by atoms with Gasteiger partial charge in [-0.3, -0.25) is 0 Å². The van der Waals surface area contributed by atoms with Gasteiger partial charge < -0.3 is 9.30 Å². The number of aryl methyl sites for hydroxylation is 1. The quantitative estimate of drug-likeness (QED) is 0.560. The van der Waals surface area contributed by atoms with Crippen molar-refractivity contribution in [1.82, 2.24) is 14.8 Å². The third-order valence-electron chi connectivity index (χ3n) is 2.12. The molecule has 0 aromatic carbocycles. The van der Waals surface area contributed by atoms with Crippen molar-refractivity contribution < 1.29 is 9.53 Å². The average Bonchev–Trinajstić information content (AvgIpc) is 2.61. The van der Waals surface area contributed by atoms with E-state index in [2.05, 4.69) is 16.5 Å². The van der Waals surface area contributed by atoms with Crippen LogP contribution in [0.2, 0.25) is 0 Å². The summed E-state index contributed by atoms with van der Waals surface area (Å²) in [6, 6.07) is 0. The van der Waals surface area contributed by atoms with Gasteiger partial charge in [0.15, 0.2) is 0 Å². The number of ether oxygens (including phenoxy) is 1. The Labute approximate surface area is 99.6 Å². The molecule has 0 aliphatic heterocycles. The Bertz CT molecular complexity index is 352. The van der Waals surface area contributed by atoms with Gasteiger partial charge in [-0.05, 0) is 32.3 Å². The average molecular weight is 243 g/mol. The van der Waals surface area contributed by atoms with Crippen LogP contribution in [-0.2, 0) is 11.3 Å². The van der Waals surface area contributed by atoms with Crippen LogP contribution in [0.15, 0.2) is 0 Å². The molecule has 90 valence electrons. The predicted octanol–water partition coefficient (Wildman–Crippen LogP) is 1.52. The van der Waals surface area contributed by atoms with E-state index < -0.39 is 5.97 Å². The fourth-order valence-electron chi connectivity index (χ4n) is 1.36. The van der Waals surface area contributed by atoms with E-state index in [0.29, 0.717) is 12.4 Å². The standard InChI is InChI=1S/C10H17N3O2S/c1-4-15-10(14)9-12-11-8(2)13(9)6-5-7-16-3/h4-7H2,1-3H3. The minimum absolute atomic E-state index is 0.306. The summed E-state index contributed by atoms with van der Waals surface area (Å²) in [5, 5.41) is 7.75. The SMILES string of the molecule is CCOC(=O)c1nnc(C)n1CCCSC. The molecule has 1 aromatic heterocycles. The van der Waals surface area contributed by atoms with E-state index in [1.165, 1.54) is 0 Å². The Morgan fingerprint density at radius 2 is 2.25 bits per heavy atom. The van der Waals surface area contributed by atoms with Crippen molar-refractivity contribution in [3.05, 3.63) is 11.6 Å². The summed E-state index contributed by atoms with van der Waals surface area (Å²) >= 11 is 1.78. The van der Waals surface area contributed by atoms with Crippen LogP contribution < -0.4 is 0 Å². The molecule has 5 nitrogen and oxygen atoms in total. The molecule has 0 fully saturated rings. The van der Waals surface area contributed by atoms with Gasteiger partial charge in [-0.1, -0.05) is 0 Å². The molecule has 0 saturated heterocycles. The fourth-order valence-corrected chi connectivity index (χ4v) is 1.78. The van der Waals surface area contributed by atoms with Gasteiger partial charge in [-0.25, -0.2) is 4.79 Å². The molecular formula is C10H17N3O2S. The van der Waals surface area contributed by atoms with Crippen LogP contribution in [0.25, 0.3) is 0 Å². The van der Waals surface area contributed by atoms with Gasteiger partial charge in [0.1, 0.15) is 5.82 Å². The van der Waals surface area contributed by atoms with Gasteiger partial charge in [0, 0.05) is 6.54 Å². The zero-order valence-electron chi connectivity index (χ0n) is 9.89. The van der Waals surface area contributed by atoms with Gasteiger partial charge in [0.05, 0.1) is 6.61 Å². The highest BCUT2D eigenvalue weighted by Crippen LogP contribution is 2.06. The van der Waals surface area contributed by atoms with Crippen molar-refractivity contribution in [2.24, 2.45) is 0 Å². The normalized spacial score (nSPS) is 10.4. The van der Waals surface area contributed by atoms with E-state index in [-0.39, 0.29) is 0 Å². The maximum Gasteiger partial charge on any atom is 0.376 e. The van der Waals surface area contributed by atoms with Crippen molar-refractivity contribution in [2.75, 3.05) is 18.6 Å². The molecule has 0 unspecified atom stereocenters. The lowest BCUT2D eigenvalue weighted by molar-refractivity contribution is 0.0505. The van der Waals surface area contributed by atoms with Crippen LogP contribution in [0, 0.1) is 6.92 Å². The highest BCUT2D eigenvalue weighted by Gasteiger charge is 2.17. The topological polar surface area (TPSA) is 57.0 Å². The zero-order chi connectivity index (χ0) is 12.0. The lowest BCUT2D eigenvalue weighted by atomic mass is 10.4. The van der Waals surface area contributed by atoms with Crippen LogP contribution in [0.5, 0.6) is 0 Å². The van der Waals surface area contributed by atoms with E-state index in [9.17, 15) is 4.79 Å². The van der Waals surface area contributed by atoms with Crippen LogP contribution in [-0.4, -0.2) is 39.3 Å². The highest BCUT2D eigenvalue weighted by molar-refractivity contribution is 7.98. The second-order valence-corrected chi connectivity index (χ2v) is 4.27. The predicted molar refractivity (Wildman–Crippen MR) is 63.7 cm³/mol. The number of hydrogen-bond donors (Lipinski definition) is 0.